The molecule has 1 heterocycles. The second kappa shape index (κ2) is 4.52. The summed E-state index contributed by atoms with van der Waals surface area (Å²) in [6, 6.07) is 2.76. The smallest absolute Gasteiger partial charge is 0.338 e. The SMILES string of the molecule is CON(C)C(=O)c1ncccc1C(=O)O. The lowest BCUT2D eigenvalue weighted by Gasteiger charge is -2.13. The van der Waals surface area contributed by atoms with Gasteiger partial charge in [-0.3, -0.25) is 14.6 Å². The van der Waals surface area contributed by atoms with Crippen molar-refractivity contribution in [2.24, 2.45) is 0 Å². The molecule has 0 unspecified atom stereocenters. The minimum atomic E-state index is -1.20. The molecular weight excluding hydrogens is 200 g/mol. The number of carbonyl (C=O) groups excluding carboxylic acids is 1. The van der Waals surface area contributed by atoms with Crippen LogP contribution in [0.15, 0.2) is 18.3 Å². The van der Waals surface area contributed by atoms with Gasteiger partial charge in [0.05, 0.1) is 12.7 Å². The van der Waals surface area contributed by atoms with Gasteiger partial charge in [0, 0.05) is 13.2 Å². The van der Waals surface area contributed by atoms with Crippen LogP contribution >= 0.6 is 0 Å². The lowest BCUT2D eigenvalue weighted by Crippen LogP contribution is -2.28. The van der Waals surface area contributed by atoms with Gasteiger partial charge in [-0.15, -0.1) is 0 Å². The largest absolute Gasteiger partial charge is 0.478 e. The number of carboxylic acids is 1. The molecule has 1 N–H and O–H groups in total. The van der Waals surface area contributed by atoms with E-state index in [1.807, 2.05) is 0 Å². The van der Waals surface area contributed by atoms with Crippen molar-refractivity contribution in [3.05, 3.63) is 29.6 Å². The fourth-order valence-electron chi connectivity index (χ4n) is 0.980. The zero-order valence-corrected chi connectivity index (χ0v) is 8.30. The predicted molar refractivity (Wildman–Crippen MR) is 50.3 cm³/mol. The maximum Gasteiger partial charge on any atom is 0.338 e. The summed E-state index contributed by atoms with van der Waals surface area (Å²) in [4.78, 5) is 30.7. The third-order valence-electron chi connectivity index (χ3n) is 1.80. The number of aromatic carboxylic acids is 1. The van der Waals surface area contributed by atoms with Crippen molar-refractivity contribution in [1.82, 2.24) is 10.0 Å². The number of amides is 1. The van der Waals surface area contributed by atoms with E-state index in [9.17, 15) is 9.59 Å². The van der Waals surface area contributed by atoms with Gasteiger partial charge in [-0.1, -0.05) is 0 Å². The normalized spacial score (nSPS) is 9.73. The fourth-order valence-corrected chi connectivity index (χ4v) is 0.980. The van der Waals surface area contributed by atoms with E-state index < -0.39 is 11.9 Å². The van der Waals surface area contributed by atoms with E-state index in [4.69, 9.17) is 5.11 Å². The molecule has 0 bridgehead atoms. The summed E-state index contributed by atoms with van der Waals surface area (Å²) in [5.74, 6) is -1.80. The average Bonchev–Trinajstić information content (AvgIpc) is 2.27. The summed E-state index contributed by atoms with van der Waals surface area (Å²) in [7, 11) is 2.68. The molecule has 0 spiro atoms. The van der Waals surface area contributed by atoms with Crippen molar-refractivity contribution >= 4 is 11.9 Å². The zero-order chi connectivity index (χ0) is 11.4. The Bertz CT molecular complexity index is 391. The molecule has 0 aromatic carbocycles. The number of carbonyl (C=O) groups is 2. The van der Waals surface area contributed by atoms with Crippen LogP contribution in [0.3, 0.4) is 0 Å². The Morgan fingerprint density at radius 3 is 2.73 bits per heavy atom. The molecule has 80 valence electrons. The highest BCUT2D eigenvalue weighted by Gasteiger charge is 2.20. The molecule has 0 atom stereocenters. The molecule has 1 aromatic rings. The molecule has 0 aliphatic carbocycles. The topological polar surface area (TPSA) is 79.7 Å². The summed E-state index contributed by atoms with van der Waals surface area (Å²) >= 11 is 0. The molecule has 0 saturated heterocycles. The number of carboxylic acid groups (broad SMARTS) is 1. The van der Waals surface area contributed by atoms with Crippen LogP contribution in [0, 0.1) is 0 Å². The maximum absolute atomic E-state index is 11.6. The highest BCUT2D eigenvalue weighted by Crippen LogP contribution is 2.07. The van der Waals surface area contributed by atoms with E-state index >= 15 is 0 Å². The summed E-state index contributed by atoms with van der Waals surface area (Å²) in [5, 5.41) is 9.73. The standard InChI is InChI=1S/C9H10N2O4/c1-11(15-2)8(12)7-6(9(13)14)4-3-5-10-7/h3-5H,1-2H3,(H,13,14). The van der Waals surface area contributed by atoms with Crippen LogP contribution in [0.2, 0.25) is 0 Å². The predicted octanol–water partition coefficient (Wildman–Crippen LogP) is 0.413. The van der Waals surface area contributed by atoms with Gasteiger partial charge in [0.1, 0.15) is 5.69 Å². The first-order valence-electron chi connectivity index (χ1n) is 4.08. The van der Waals surface area contributed by atoms with Gasteiger partial charge in [0.2, 0.25) is 0 Å². The Labute approximate surface area is 86.1 Å². The number of hydrogen-bond donors (Lipinski definition) is 1. The average molecular weight is 210 g/mol. The second-order valence-electron chi connectivity index (χ2n) is 2.69. The Morgan fingerprint density at radius 2 is 2.20 bits per heavy atom. The van der Waals surface area contributed by atoms with Crippen molar-refractivity contribution in [2.75, 3.05) is 14.2 Å². The Hall–Kier alpha value is -1.95. The van der Waals surface area contributed by atoms with E-state index in [0.717, 1.165) is 5.06 Å². The van der Waals surface area contributed by atoms with Crippen LogP contribution in [-0.2, 0) is 4.84 Å². The third-order valence-corrected chi connectivity index (χ3v) is 1.80. The highest BCUT2D eigenvalue weighted by atomic mass is 16.7. The number of nitrogens with zero attached hydrogens (tertiary/aromatic N) is 2. The fraction of sp³-hybridized carbons (Fsp3) is 0.222. The van der Waals surface area contributed by atoms with Crippen LogP contribution in [0.1, 0.15) is 20.8 Å². The molecule has 1 aromatic heterocycles. The third kappa shape index (κ3) is 2.29. The summed E-state index contributed by atoms with van der Waals surface area (Å²) in [6.45, 7) is 0. The van der Waals surface area contributed by atoms with Crippen molar-refractivity contribution in [3.63, 3.8) is 0 Å². The van der Waals surface area contributed by atoms with Gasteiger partial charge in [0.25, 0.3) is 5.91 Å². The van der Waals surface area contributed by atoms with Gasteiger partial charge in [-0.2, -0.15) is 0 Å². The molecule has 0 saturated carbocycles. The van der Waals surface area contributed by atoms with E-state index in [2.05, 4.69) is 9.82 Å². The number of hydroxylamine groups is 2. The molecular formula is C9H10N2O4. The quantitative estimate of drug-likeness (QED) is 0.731. The van der Waals surface area contributed by atoms with Gasteiger partial charge >= 0.3 is 5.97 Å². The number of pyridine rings is 1. The second-order valence-corrected chi connectivity index (χ2v) is 2.69. The van der Waals surface area contributed by atoms with Gasteiger partial charge < -0.3 is 5.11 Å². The highest BCUT2D eigenvalue weighted by molar-refractivity contribution is 6.02. The monoisotopic (exact) mass is 210 g/mol. The van der Waals surface area contributed by atoms with E-state index in [-0.39, 0.29) is 11.3 Å². The number of rotatable bonds is 3. The summed E-state index contributed by atoms with van der Waals surface area (Å²) in [6.07, 6.45) is 1.35. The van der Waals surface area contributed by atoms with E-state index in [0.29, 0.717) is 0 Å². The van der Waals surface area contributed by atoms with Crippen LogP contribution in [-0.4, -0.2) is 41.2 Å². The molecule has 1 rings (SSSR count). The van der Waals surface area contributed by atoms with Gasteiger partial charge in [-0.05, 0) is 12.1 Å². The van der Waals surface area contributed by atoms with E-state index in [1.54, 1.807) is 0 Å². The first kappa shape index (κ1) is 11.1. The lowest BCUT2D eigenvalue weighted by molar-refractivity contribution is -0.0761. The first-order valence-corrected chi connectivity index (χ1v) is 4.08. The first-order chi connectivity index (χ1) is 7.07. The van der Waals surface area contributed by atoms with E-state index in [1.165, 1.54) is 32.5 Å². The molecule has 15 heavy (non-hydrogen) atoms. The van der Waals surface area contributed by atoms with Gasteiger partial charge in [-0.25, -0.2) is 9.86 Å². The Morgan fingerprint density at radius 1 is 1.53 bits per heavy atom. The molecule has 0 fully saturated rings. The van der Waals surface area contributed by atoms with Crippen molar-refractivity contribution < 1.29 is 19.5 Å². The molecule has 1 amide bonds. The zero-order valence-electron chi connectivity index (χ0n) is 8.30. The summed E-state index contributed by atoms with van der Waals surface area (Å²) < 4.78 is 0. The van der Waals surface area contributed by atoms with Crippen LogP contribution in [0.4, 0.5) is 0 Å². The molecule has 0 aliphatic heterocycles. The van der Waals surface area contributed by atoms with Crippen LogP contribution in [0.5, 0.6) is 0 Å². The minimum absolute atomic E-state index is 0.144. The number of aromatic nitrogens is 1. The van der Waals surface area contributed by atoms with Crippen molar-refractivity contribution in [3.8, 4) is 0 Å². The molecule has 6 heteroatoms. The van der Waals surface area contributed by atoms with Crippen LogP contribution < -0.4 is 0 Å². The van der Waals surface area contributed by atoms with Gasteiger partial charge in [0.15, 0.2) is 0 Å². The Kier molecular flexibility index (Phi) is 3.35. The molecule has 6 nitrogen and oxygen atoms in total. The minimum Gasteiger partial charge on any atom is -0.478 e. The molecule has 0 aliphatic rings. The van der Waals surface area contributed by atoms with Crippen LogP contribution in [0.25, 0.3) is 0 Å². The lowest BCUT2D eigenvalue weighted by atomic mass is 10.2. The van der Waals surface area contributed by atoms with Crippen molar-refractivity contribution in [2.45, 2.75) is 0 Å². The molecule has 0 radical (unpaired) electrons. The van der Waals surface area contributed by atoms with Crippen molar-refractivity contribution in [1.29, 1.82) is 0 Å². The number of hydrogen-bond acceptors (Lipinski definition) is 4. The summed E-state index contributed by atoms with van der Waals surface area (Å²) in [5.41, 5.74) is -0.291. The maximum atomic E-state index is 11.6. The Balaban J connectivity index is 3.13.